The Hall–Kier alpha value is -0.560. The molecule has 0 aromatic heterocycles. The van der Waals surface area contributed by atoms with Gasteiger partial charge < -0.3 is 15.5 Å². The Balaban J connectivity index is 3.63. The summed E-state index contributed by atoms with van der Waals surface area (Å²) < 4.78 is 0. The average molecular weight is 157 g/mol. The molecule has 3 nitrogen and oxygen atoms in total. The van der Waals surface area contributed by atoms with Crippen LogP contribution in [0.2, 0.25) is 0 Å². The van der Waals surface area contributed by atoms with Crippen molar-refractivity contribution in [2.75, 3.05) is 13.2 Å². The first kappa shape index (κ1) is 10.4. The van der Waals surface area contributed by atoms with Crippen LogP contribution in [0.25, 0.3) is 0 Å². The van der Waals surface area contributed by atoms with Gasteiger partial charge in [0.15, 0.2) is 0 Å². The van der Waals surface area contributed by atoms with E-state index in [-0.39, 0.29) is 12.6 Å². The van der Waals surface area contributed by atoms with Crippen molar-refractivity contribution in [3.8, 4) is 12.3 Å². The largest absolute Gasteiger partial charge is 0.393 e. The number of hydrogen-bond acceptors (Lipinski definition) is 3. The Labute approximate surface area is 67.4 Å². The van der Waals surface area contributed by atoms with Gasteiger partial charge in [-0.1, -0.05) is 5.92 Å². The summed E-state index contributed by atoms with van der Waals surface area (Å²) in [4.78, 5) is 0. The zero-order valence-corrected chi connectivity index (χ0v) is 6.96. The van der Waals surface area contributed by atoms with E-state index in [2.05, 4.69) is 11.2 Å². The van der Waals surface area contributed by atoms with Crippen LogP contribution in [0.5, 0.6) is 0 Å². The van der Waals surface area contributed by atoms with E-state index in [1.807, 2.05) is 6.92 Å². The molecule has 2 atom stereocenters. The van der Waals surface area contributed by atoms with Crippen LogP contribution in [0.1, 0.15) is 13.8 Å². The first-order valence-electron chi connectivity index (χ1n) is 3.54. The van der Waals surface area contributed by atoms with Gasteiger partial charge >= 0.3 is 0 Å². The van der Waals surface area contributed by atoms with E-state index in [4.69, 9.17) is 11.5 Å². The van der Waals surface area contributed by atoms with Gasteiger partial charge in [0.25, 0.3) is 0 Å². The minimum absolute atomic E-state index is 0.0759. The van der Waals surface area contributed by atoms with E-state index < -0.39 is 5.60 Å². The maximum absolute atomic E-state index is 9.29. The van der Waals surface area contributed by atoms with E-state index in [1.165, 1.54) is 0 Å². The Bertz CT molecular complexity index is 149. The van der Waals surface area contributed by atoms with Gasteiger partial charge in [0.2, 0.25) is 0 Å². The SMILES string of the molecule is C#CC(C)NCC(C)(O)CO. The standard InChI is InChI=1S/C8H15NO2/c1-4-7(2)9-5-8(3,11)6-10/h1,7,9-11H,5-6H2,2-3H3. The van der Waals surface area contributed by atoms with Gasteiger partial charge in [0.1, 0.15) is 0 Å². The van der Waals surface area contributed by atoms with Crippen LogP contribution in [0.3, 0.4) is 0 Å². The molecule has 11 heavy (non-hydrogen) atoms. The van der Waals surface area contributed by atoms with E-state index >= 15 is 0 Å². The highest BCUT2D eigenvalue weighted by atomic mass is 16.3. The van der Waals surface area contributed by atoms with Crippen molar-refractivity contribution >= 4 is 0 Å². The van der Waals surface area contributed by atoms with Crippen LogP contribution in [-0.2, 0) is 0 Å². The highest BCUT2D eigenvalue weighted by Gasteiger charge is 2.18. The van der Waals surface area contributed by atoms with Gasteiger partial charge in [-0.3, -0.25) is 0 Å². The van der Waals surface area contributed by atoms with Crippen molar-refractivity contribution in [3.63, 3.8) is 0 Å². The zero-order valence-electron chi connectivity index (χ0n) is 6.96. The normalized spacial score (nSPS) is 18.5. The first-order chi connectivity index (χ1) is 5.02. The molecule has 0 aromatic rings. The second-order valence-corrected chi connectivity index (χ2v) is 2.92. The van der Waals surface area contributed by atoms with Gasteiger partial charge in [-0.25, -0.2) is 0 Å². The number of aliphatic hydroxyl groups is 2. The molecule has 0 rings (SSSR count). The van der Waals surface area contributed by atoms with Gasteiger partial charge in [0, 0.05) is 6.54 Å². The van der Waals surface area contributed by atoms with Crippen LogP contribution >= 0.6 is 0 Å². The average Bonchev–Trinajstić information content (AvgIpc) is 2.00. The fourth-order valence-electron chi connectivity index (χ4n) is 0.488. The summed E-state index contributed by atoms with van der Waals surface area (Å²) in [5.74, 6) is 2.46. The minimum atomic E-state index is -1.08. The third-order valence-electron chi connectivity index (χ3n) is 1.38. The quantitative estimate of drug-likeness (QED) is 0.475. The summed E-state index contributed by atoms with van der Waals surface area (Å²) in [6.07, 6.45) is 5.09. The lowest BCUT2D eigenvalue weighted by molar-refractivity contribution is 0.00213. The van der Waals surface area contributed by atoms with Crippen molar-refractivity contribution in [1.82, 2.24) is 5.32 Å². The fraction of sp³-hybridized carbons (Fsp3) is 0.750. The van der Waals surface area contributed by atoms with E-state index in [1.54, 1.807) is 6.92 Å². The van der Waals surface area contributed by atoms with Crippen LogP contribution in [0.15, 0.2) is 0 Å². The molecule has 0 aromatic carbocycles. The summed E-state index contributed by atoms with van der Waals surface area (Å²) in [6, 6.07) is -0.0759. The Morgan fingerprint density at radius 3 is 2.64 bits per heavy atom. The monoisotopic (exact) mass is 157 g/mol. The predicted molar refractivity (Wildman–Crippen MR) is 44.0 cm³/mol. The zero-order chi connectivity index (χ0) is 8.91. The molecule has 0 aliphatic carbocycles. The number of terminal acetylenes is 1. The van der Waals surface area contributed by atoms with E-state index in [9.17, 15) is 5.11 Å². The highest BCUT2D eigenvalue weighted by molar-refractivity contribution is 4.96. The molecule has 0 aliphatic rings. The molecular formula is C8H15NO2. The van der Waals surface area contributed by atoms with Gasteiger partial charge in [0.05, 0.1) is 18.2 Å². The summed E-state index contributed by atoms with van der Waals surface area (Å²) >= 11 is 0. The second kappa shape index (κ2) is 4.35. The van der Waals surface area contributed by atoms with Gasteiger partial charge in [-0.2, -0.15) is 0 Å². The predicted octanol–water partition coefficient (Wildman–Crippen LogP) is -0.659. The molecular weight excluding hydrogens is 142 g/mol. The lowest BCUT2D eigenvalue weighted by atomic mass is 10.1. The number of aliphatic hydroxyl groups excluding tert-OH is 1. The second-order valence-electron chi connectivity index (χ2n) is 2.92. The summed E-state index contributed by atoms with van der Waals surface area (Å²) in [5, 5.41) is 20.8. The number of nitrogens with one attached hydrogen (secondary N) is 1. The third-order valence-corrected chi connectivity index (χ3v) is 1.38. The molecule has 0 radical (unpaired) electrons. The number of rotatable bonds is 4. The Morgan fingerprint density at radius 2 is 2.27 bits per heavy atom. The van der Waals surface area contributed by atoms with Crippen molar-refractivity contribution in [2.45, 2.75) is 25.5 Å². The van der Waals surface area contributed by atoms with Crippen LogP contribution in [-0.4, -0.2) is 35.0 Å². The molecule has 3 N–H and O–H groups in total. The van der Waals surface area contributed by atoms with Crippen LogP contribution in [0, 0.1) is 12.3 Å². The lowest BCUT2D eigenvalue weighted by Gasteiger charge is -2.21. The van der Waals surface area contributed by atoms with Crippen LogP contribution in [0.4, 0.5) is 0 Å². The summed E-state index contributed by atoms with van der Waals surface area (Å²) in [5.41, 5.74) is -1.08. The van der Waals surface area contributed by atoms with Gasteiger partial charge in [-0.05, 0) is 13.8 Å². The van der Waals surface area contributed by atoms with Gasteiger partial charge in [-0.15, -0.1) is 6.42 Å². The van der Waals surface area contributed by atoms with E-state index in [0.29, 0.717) is 6.54 Å². The van der Waals surface area contributed by atoms with E-state index in [0.717, 1.165) is 0 Å². The summed E-state index contributed by atoms with van der Waals surface area (Å²) in [6.45, 7) is 3.39. The van der Waals surface area contributed by atoms with Crippen molar-refractivity contribution < 1.29 is 10.2 Å². The maximum atomic E-state index is 9.29. The molecule has 0 spiro atoms. The molecule has 0 heterocycles. The number of hydrogen-bond donors (Lipinski definition) is 3. The molecule has 3 heteroatoms. The Morgan fingerprint density at radius 1 is 1.73 bits per heavy atom. The molecule has 0 amide bonds. The molecule has 0 saturated heterocycles. The third kappa shape index (κ3) is 4.79. The molecule has 64 valence electrons. The summed E-state index contributed by atoms with van der Waals surface area (Å²) in [7, 11) is 0. The smallest absolute Gasteiger partial charge is 0.0973 e. The lowest BCUT2D eigenvalue weighted by Crippen LogP contribution is -2.43. The van der Waals surface area contributed by atoms with Crippen molar-refractivity contribution in [2.24, 2.45) is 0 Å². The van der Waals surface area contributed by atoms with Crippen LogP contribution < -0.4 is 5.32 Å². The van der Waals surface area contributed by atoms with Crippen molar-refractivity contribution in [3.05, 3.63) is 0 Å². The Kier molecular flexibility index (Phi) is 4.12. The minimum Gasteiger partial charge on any atom is -0.393 e. The molecule has 0 aliphatic heterocycles. The first-order valence-corrected chi connectivity index (χ1v) is 3.54. The fourth-order valence-corrected chi connectivity index (χ4v) is 0.488. The van der Waals surface area contributed by atoms with Crippen molar-refractivity contribution in [1.29, 1.82) is 0 Å². The molecule has 0 fully saturated rings. The highest BCUT2D eigenvalue weighted by Crippen LogP contribution is 1.98. The molecule has 2 unspecified atom stereocenters. The molecule has 0 bridgehead atoms. The maximum Gasteiger partial charge on any atom is 0.0973 e. The topological polar surface area (TPSA) is 52.5 Å². The molecule has 0 saturated carbocycles.